The third-order valence-corrected chi connectivity index (χ3v) is 4.30. The summed E-state index contributed by atoms with van der Waals surface area (Å²) in [6, 6.07) is 16.5. The summed E-state index contributed by atoms with van der Waals surface area (Å²) < 4.78 is 0. The fourth-order valence-corrected chi connectivity index (χ4v) is 2.88. The number of nitrogens with one attached hydrogen (secondary N) is 1. The molecule has 1 heterocycles. The number of anilines is 3. The van der Waals surface area contributed by atoms with Crippen LogP contribution in [0.25, 0.3) is 0 Å². The quantitative estimate of drug-likeness (QED) is 0.647. The highest BCUT2D eigenvalue weighted by molar-refractivity contribution is 6.05. The second-order valence-corrected chi connectivity index (χ2v) is 6.44. The molecule has 28 heavy (non-hydrogen) atoms. The zero-order valence-corrected chi connectivity index (χ0v) is 16.1. The Morgan fingerprint density at radius 2 is 1.82 bits per heavy atom. The highest BCUT2D eigenvalue weighted by Crippen LogP contribution is 2.20. The molecule has 0 aliphatic heterocycles. The zero-order valence-electron chi connectivity index (χ0n) is 16.1. The van der Waals surface area contributed by atoms with Gasteiger partial charge in [-0.3, -0.25) is 9.59 Å². The number of Topliss-reactive ketones (excluding diaryl/α,β-unsaturated/α-hetero) is 1. The lowest BCUT2D eigenvalue weighted by molar-refractivity contribution is 0.0981. The molecule has 0 radical (unpaired) electrons. The third kappa shape index (κ3) is 4.40. The number of rotatable bonds is 6. The van der Waals surface area contributed by atoms with Crippen molar-refractivity contribution in [2.24, 2.45) is 0 Å². The van der Waals surface area contributed by atoms with Crippen molar-refractivity contribution in [3.05, 3.63) is 77.7 Å². The topological polar surface area (TPSA) is 75.2 Å². The van der Waals surface area contributed by atoms with Gasteiger partial charge < -0.3 is 10.2 Å². The third-order valence-electron chi connectivity index (χ3n) is 4.30. The number of hydrogen-bond acceptors (Lipinski definition) is 5. The smallest absolute Gasteiger partial charge is 0.277 e. The molecule has 3 rings (SSSR count). The Morgan fingerprint density at radius 1 is 1.04 bits per heavy atom. The van der Waals surface area contributed by atoms with Crippen LogP contribution >= 0.6 is 0 Å². The molecule has 0 spiro atoms. The van der Waals surface area contributed by atoms with Crippen LogP contribution in [0, 0.1) is 6.92 Å². The van der Waals surface area contributed by atoms with E-state index in [2.05, 4.69) is 15.3 Å². The van der Waals surface area contributed by atoms with Crippen molar-refractivity contribution in [3.8, 4) is 0 Å². The van der Waals surface area contributed by atoms with Crippen LogP contribution in [0.5, 0.6) is 0 Å². The Balaban J connectivity index is 1.85. The number of amides is 1. The number of hydrogen-bond donors (Lipinski definition) is 1. The second kappa shape index (κ2) is 8.43. The summed E-state index contributed by atoms with van der Waals surface area (Å²) in [6.45, 7) is 5.96. The minimum absolute atomic E-state index is 0.0149. The fraction of sp³-hybridized carbons (Fsp3) is 0.182. The van der Waals surface area contributed by atoms with E-state index in [1.807, 2.05) is 44.2 Å². The van der Waals surface area contributed by atoms with Gasteiger partial charge in [-0.25, -0.2) is 9.97 Å². The lowest BCUT2D eigenvalue weighted by Crippen LogP contribution is -2.31. The molecule has 0 saturated carbocycles. The van der Waals surface area contributed by atoms with Gasteiger partial charge in [0.2, 0.25) is 0 Å². The van der Waals surface area contributed by atoms with Crippen LogP contribution in [0.2, 0.25) is 0 Å². The lowest BCUT2D eigenvalue weighted by atomic mass is 10.1. The molecule has 0 fully saturated rings. The number of aryl methyl sites for hydroxylation is 1. The lowest BCUT2D eigenvalue weighted by Gasteiger charge is -2.21. The first kappa shape index (κ1) is 19.2. The number of ketones is 1. The van der Waals surface area contributed by atoms with E-state index < -0.39 is 0 Å². The molecule has 1 aromatic heterocycles. The minimum atomic E-state index is -0.198. The van der Waals surface area contributed by atoms with Crippen molar-refractivity contribution in [3.63, 3.8) is 0 Å². The maximum atomic E-state index is 13.0. The van der Waals surface area contributed by atoms with Gasteiger partial charge in [0, 0.05) is 29.5 Å². The average molecular weight is 374 g/mol. The second-order valence-electron chi connectivity index (χ2n) is 6.44. The zero-order chi connectivity index (χ0) is 20.1. The van der Waals surface area contributed by atoms with Crippen molar-refractivity contribution in [1.29, 1.82) is 0 Å². The van der Waals surface area contributed by atoms with Gasteiger partial charge in [-0.1, -0.05) is 24.3 Å². The van der Waals surface area contributed by atoms with Gasteiger partial charge in [0.05, 0.1) is 0 Å². The molecular weight excluding hydrogens is 352 g/mol. The number of carbonyl (C=O) groups excluding carboxylic acids is 2. The van der Waals surface area contributed by atoms with Crippen molar-refractivity contribution in [1.82, 2.24) is 9.97 Å². The first-order valence-corrected chi connectivity index (χ1v) is 9.06. The Labute approximate surface area is 164 Å². The van der Waals surface area contributed by atoms with Crippen LogP contribution in [0.4, 0.5) is 17.2 Å². The molecule has 1 N–H and O–H groups in total. The van der Waals surface area contributed by atoms with Crippen molar-refractivity contribution in [2.75, 3.05) is 16.8 Å². The van der Waals surface area contributed by atoms with E-state index in [9.17, 15) is 9.59 Å². The normalized spacial score (nSPS) is 10.4. The van der Waals surface area contributed by atoms with E-state index in [4.69, 9.17) is 0 Å². The van der Waals surface area contributed by atoms with E-state index in [1.54, 1.807) is 29.2 Å². The SMILES string of the molecule is CCN(C(=O)c1cc(Nc2cccc(C(C)=O)c2)ncn1)c1cccc(C)c1. The van der Waals surface area contributed by atoms with Crippen molar-refractivity contribution < 1.29 is 9.59 Å². The van der Waals surface area contributed by atoms with Gasteiger partial charge in [-0.15, -0.1) is 0 Å². The maximum Gasteiger partial charge on any atom is 0.277 e. The first-order chi connectivity index (χ1) is 13.5. The Bertz CT molecular complexity index is 1020. The first-order valence-electron chi connectivity index (χ1n) is 9.06. The molecule has 3 aromatic rings. The highest BCUT2D eigenvalue weighted by atomic mass is 16.2. The largest absolute Gasteiger partial charge is 0.340 e. The molecule has 1 amide bonds. The van der Waals surface area contributed by atoms with Crippen LogP contribution in [0.3, 0.4) is 0 Å². The number of benzene rings is 2. The van der Waals surface area contributed by atoms with Gasteiger partial charge in [0.15, 0.2) is 5.78 Å². The molecule has 0 aliphatic carbocycles. The summed E-state index contributed by atoms with van der Waals surface area (Å²) in [5.74, 6) is 0.273. The standard InChI is InChI=1S/C22H22N4O2/c1-4-26(19-10-5-7-15(2)11-19)22(28)20-13-21(24-14-23-20)25-18-9-6-8-17(12-18)16(3)27/h5-14H,4H2,1-3H3,(H,23,24,25). The molecule has 0 aliphatic rings. The Kier molecular flexibility index (Phi) is 5.79. The van der Waals surface area contributed by atoms with Gasteiger partial charge in [-0.05, 0) is 50.6 Å². The molecule has 6 heteroatoms. The fourth-order valence-electron chi connectivity index (χ4n) is 2.88. The van der Waals surface area contributed by atoms with Crippen LogP contribution in [0.15, 0.2) is 60.9 Å². The van der Waals surface area contributed by atoms with Crippen molar-refractivity contribution in [2.45, 2.75) is 20.8 Å². The summed E-state index contributed by atoms with van der Waals surface area (Å²) in [6.07, 6.45) is 1.36. The molecule has 0 saturated heterocycles. The van der Waals surface area contributed by atoms with Crippen LogP contribution in [0.1, 0.15) is 40.3 Å². The minimum Gasteiger partial charge on any atom is -0.340 e. The van der Waals surface area contributed by atoms with Gasteiger partial charge in [-0.2, -0.15) is 0 Å². The predicted octanol–water partition coefficient (Wildman–Crippen LogP) is 4.40. The van der Waals surface area contributed by atoms with E-state index in [-0.39, 0.29) is 11.7 Å². The number of nitrogens with zero attached hydrogens (tertiary/aromatic N) is 3. The van der Waals surface area contributed by atoms with Crippen LogP contribution in [-0.2, 0) is 0 Å². The van der Waals surface area contributed by atoms with E-state index in [1.165, 1.54) is 13.3 Å². The number of aromatic nitrogens is 2. The molecule has 0 bridgehead atoms. The van der Waals surface area contributed by atoms with E-state index in [0.29, 0.717) is 23.6 Å². The summed E-state index contributed by atoms with van der Waals surface area (Å²) in [4.78, 5) is 34.6. The number of carbonyl (C=O) groups is 2. The van der Waals surface area contributed by atoms with Gasteiger partial charge >= 0.3 is 0 Å². The van der Waals surface area contributed by atoms with Gasteiger partial charge in [0.1, 0.15) is 17.8 Å². The Hall–Kier alpha value is -3.54. The maximum absolute atomic E-state index is 13.0. The monoisotopic (exact) mass is 374 g/mol. The molecule has 0 atom stereocenters. The summed E-state index contributed by atoms with van der Waals surface area (Å²) in [5, 5.41) is 3.13. The van der Waals surface area contributed by atoms with E-state index in [0.717, 1.165) is 16.9 Å². The highest BCUT2D eigenvalue weighted by Gasteiger charge is 2.18. The van der Waals surface area contributed by atoms with Crippen molar-refractivity contribution >= 4 is 28.9 Å². The molecule has 0 unspecified atom stereocenters. The van der Waals surface area contributed by atoms with Gasteiger partial charge in [0.25, 0.3) is 5.91 Å². The summed E-state index contributed by atoms with van der Waals surface area (Å²) in [5.41, 5.74) is 3.53. The Morgan fingerprint density at radius 3 is 2.54 bits per heavy atom. The summed E-state index contributed by atoms with van der Waals surface area (Å²) in [7, 11) is 0. The molecular formula is C22H22N4O2. The van der Waals surface area contributed by atoms with Crippen LogP contribution in [-0.4, -0.2) is 28.2 Å². The average Bonchev–Trinajstić information content (AvgIpc) is 2.69. The molecule has 142 valence electrons. The molecule has 2 aromatic carbocycles. The van der Waals surface area contributed by atoms with E-state index >= 15 is 0 Å². The molecule has 6 nitrogen and oxygen atoms in total. The van der Waals surface area contributed by atoms with Crippen LogP contribution < -0.4 is 10.2 Å². The predicted molar refractivity (Wildman–Crippen MR) is 110 cm³/mol. The summed E-state index contributed by atoms with van der Waals surface area (Å²) >= 11 is 0.